The maximum atomic E-state index is 12.5. The SMILES string of the molecule is CC1C(C(=O)O)CCN1c1ncc(C(F)(F)F)cc1Cl. The second-order valence-electron chi connectivity index (χ2n) is 4.69. The van der Waals surface area contributed by atoms with Gasteiger partial charge in [0.1, 0.15) is 5.82 Å². The molecule has 2 heterocycles. The average molecular weight is 309 g/mol. The van der Waals surface area contributed by atoms with Crippen molar-refractivity contribution in [3.8, 4) is 0 Å². The van der Waals surface area contributed by atoms with Gasteiger partial charge < -0.3 is 10.0 Å². The second kappa shape index (κ2) is 5.12. The maximum absolute atomic E-state index is 12.5. The number of carbonyl (C=O) groups is 1. The van der Waals surface area contributed by atoms with Crippen molar-refractivity contribution in [2.24, 2.45) is 5.92 Å². The molecule has 8 heteroatoms. The first kappa shape index (κ1) is 14.9. The van der Waals surface area contributed by atoms with Crippen molar-refractivity contribution in [1.82, 2.24) is 4.98 Å². The molecule has 0 amide bonds. The predicted octanol–water partition coefficient (Wildman–Crippen LogP) is 3.05. The van der Waals surface area contributed by atoms with E-state index >= 15 is 0 Å². The van der Waals surface area contributed by atoms with Crippen LogP contribution >= 0.6 is 11.6 Å². The van der Waals surface area contributed by atoms with Crippen LogP contribution in [-0.2, 0) is 11.0 Å². The van der Waals surface area contributed by atoms with E-state index in [4.69, 9.17) is 16.7 Å². The molecule has 1 aromatic heterocycles. The lowest BCUT2D eigenvalue weighted by Gasteiger charge is -2.25. The molecule has 1 aromatic rings. The zero-order valence-electron chi connectivity index (χ0n) is 10.5. The van der Waals surface area contributed by atoms with Crippen LogP contribution in [0.15, 0.2) is 12.3 Å². The summed E-state index contributed by atoms with van der Waals surface area (Å²) in [5.41, 5.74) is -0.923. The number of aromatic nitrogens is 1. The number of anilines is 1. The van der Waals surface area contributed by atoms with Gasteiger partial charge in [0.2, 0.25) is 0 Å². The minimum Gasteiger partial charge on any atom is -0.481 e. The maximum Gasteiger partial charge on any atom is 0.417 e. The summed E-state index contributed by atoms with van der Waals surface area (Å²) >= 11 is 5.86. The van der Waals surface area contributed by atoms with Crippen molar-refractivity contribution in [2.45, 2.75) is 25.6 Å². The Bertz CT molecular complexity index is 536. The Morgan fingerprint density at radius 1 is 1.55 bits per heavy atom. The number of carboxylic acids is 1. The molecule has 1 fully saturated rings. The predicted molar refractivity (Wildman–Crippen MR) is 66.8 cm³/mol. The molecule has 2 rings (SSSR count). The number of alkyl halides is 3. The lowest BCUT2D eigenvalue weighted by atomic mass is 10.0. The zero-order chi connectivity index (χ0) is 15.1. The summed E-state index contributed by atoms with van der Waals surface area (Å²) in [7, 11) is 0. The van der Waals surface area contributed by atoms with Crippen LogP contribution in [0.3, 0.4) is 0 Å². The van der Waals surface area contributed by atoms with E-state index in [0.717, 1.165) is 6.07 Å². The van der Waals surface area contributed by atoms with Gasteiger partial charge in [-0.1, -0.05) is 11.6 Å². The summed E-state index contributed by atoms with van der Waals surface area (Å²) in [6.45, 7) is 2.09. The number of hydrogen-bond acceptors (Lipinski definition) is 3. The van der Waals surface area contributed by atoms with Gasteiger partial charge in [-0.25, -0.2) is 4.98 Å². The molecule has 0 radical (unpaired) electrons. The molecule has 0 aliphatic carbocycles. The fourth-order valence-electron chi connectivity index (χ4n) is 2.37. The second-order valence-corrected chi connectivity index (χ2v) is 5.10. The highest BCUT2D eigenvalue weighted by Crippen LogP contribution is 2.36. The standard InChI is InChI=1S/C12H12ClF3N2O2/c1-6-8(11(19)20)2-3-18(6)10-9(13)4-7(5-17-10)12(14,15)16/h4-6,8H,2-3H2,1H3,(H,19,20). The minimum atomic E-state index is -4.50. The summed E-state index contributed by atoms with van der Waals surface area (Å²) < 4.78 is 37.6. The van der Waals surface area contributed by atoms with Crippen molar-refractivity contribution < 1.29 is 23.1 Å². The van der Waals surface area contributed by atoms with E-state index in [1.54, 1.807) is 11.8 Å². The van der Waals surface area contributed by atoms with Crippen LogP contribution in [0.2, 0.25) is 5.02 Å². The molecular weight excluding hydrogens is 297 g/mol. The van der Waals surface area contributed by atoms with Gasteiger partial charge in [-0.15, -0.1) is 0 Å². The van der Waals surface area contributed by atoms with Crippen LogP contribution in [0.5, 0.6) is 0 Å². The Morgan fingerprint density at radius 2 is 2.20 bits per heavy atom. The molecule has 2 unspecified atom stereocenters. The van der Waals surface area contributed by atoms with Crippen LogP contribution in [0.25, 0.3) is 0 Å². The summed E-state index contributed by atoms with van der Waals surface area (Å²) in [4.78, 5) is 16.4. The van der Waals surface area contributed by atoms with E-state index in [1.807, 2.05) is 0 Å². The molecular formula is C12H12ClF3N2O2. The summed E-state index contributed by atoms with van der Waals surface area (Å²) in [6, 6.07) is 0.444. The van der Waals surface area contributed by atoms with E-state index in [-0.39, 0.29) is 16.9 Å². The molecule has 2 atom stereocenters. The van der Waals surface area contributed by atoms with E-state index in [1.165, 1.54) is 0 Å². The number of halogens is 4. The van der Waals surface area contributed by atoms with E-state index in [2.05, 4.69) is 4.98 Å². The fourth-order valence-corrected chi connectivity index (χ4v) is 2.64. The van der Waals surface area contributed by atoms with Crippen molar-refractivity contribution >= 4 is 23.4 Å². The van der Waals surface area contributed by atoms with Crippen molar-refractivity contribution in [1.29, 1.82) is 0 Å². The van der Waals surface area contributed by atoms with Gasteiger partial charge in [0, 0.05) is 18.8 Å². The first-order chi connectivity index (χ1) is 9.21. The Hall–Kier alpha value is -1.50. The van der Waals surface area contributed by atoms with E-state index in [0.29, 0.717) is 19.2 Å². The van der Waals surface area contributed by atoms with Crippen molar-refractivity contribution in [3.05, 3.63) is 22.8 Å². The van der Waals surface area contributed by atoms with Gasteiger partial charge in [0.25, 0.3) is 0 Å². The molecule has 110 valence electrons. The summed E-state index contributed by atoms with van der Waals surface area (Å²) in [5.74, 6) is -1.31. The molecule has 0 bridgehead atoms. The monoisotopic (exact) mass is 308 g/mol. The number of aliphatic carboxylic acids is 1. The number of hydrogen-bond donors (Lipinski definition) is 1. The third kappa shape index (κ3) is 2.67. The third-order valence-electron chi connectivity index (χ3n) is 3.49. The smallest absolute Gasteiger partial charge is 0.417 e. The van der Waals surface area contributed by atoms with Gasteiger partial charge in [-0.05, 0) is 19.4 Å². The lowest BCUT2D eigenvalue weighted by molar-refractivity contribution is -0.141. The van der Waals surface area contributed by atoms with Gasteiger partial charge in [0.15, 0.2) is 0 Å². The van der Waals surface area contributed by atoms with E-state index in [9.17, 15) is 18.0 Å². The number of rotatable bonds is 2. The minimum absolute atomic E-state index is 0.127. The van der Waals surface area contributed by atoms with Gasteiger partial charge in [-0.3, -0.25) is 4.79 Å². The normalized spacial score (nSPS) is 23.1. The first-order valence-corrected chi connectivity index (χ1v) is 6.32. The molecule has 1 aliphatic heterocycles. The number of pyridine rings is 1. The highest BCUT2D eigenvalue weighted by molar-refractivity contribution is 6.33. The molecule has 4 nitrogen and oxygen atoms in total. The Labute approximate surface area is 118 Å². The first-order valence-electron chi connectivity index (χ1n) is 5.94. The topological polar surface area (TPSA) is 53.4 Å². The molecule has 1 aliphatic rings. The largest absolute Gasteiger partial charge is 0.481 e. The van der Waals surface area contributed by atoms with Crippen LogP contribution in [0.4, 0.5) is 19.0 Å². The molecule has 20 heavy (non-hydrogen) atoms. The van der Waals surface area contributed by atoms with Crippen molar-refractivity contribution in [2.75, 3.05) is 11.4 Å². The zero-order valence-corrected chi connectivity index (χ0v) is 11.2. The van der Waals surface area contributed by atoms with Crippen LogP contribution in [0, 0.1) is 5.92 Å². The molecule has 1 saturated heterocycles. The fraction of sp³-hybridized carbons (Fsp3) is 0.500. The number of nitrogens with zero attached hydrogens (tertiary/aromatic N) is 2. The Morgan fingerprint density at radius 3 is 2.65 bits per heavy atom. The van der Waals surface area contributed by atoms with E-state index < -0.39 is 23.6 Å². The summed E-state index contributed by atoms with van der Waals surface area (Å²) in [5, 5.41) is 8.91. The summed E-state index contributed by atoms with van der Waals surface area (Å²) in [6.07, 6.45) is -3.38. The molecule has 1 N–H and O–H groups in total. The number of carboxylic acid groups (broad SMARTS) is 1. The van der Waals surface area contributed by atoms with Crippen LogP contribution in [0.1, 0.15) is 18.9 Å². The average Bonchev–Trinajstić information content (AvgIpc) is 2.70. The van der Waals surface area contributed by atoms with Crippen molar-refractivity contribution in [3.63, 3.8) is 0 Å². The van der Waals surface area contributed by atoms with Crippen LogP contribution < -0.4 is 4.90 Å². The lowest BCUT2D eigenvalue weighted by Crippen LogP contribution is -2.33. The van der Waals surface area contributed by atoms with Gasteiger partial charge in [-0.2, -0.15) is 13.2 Å². The van der Waals surface area contributed by atoms with Gasteiger partial charge in [0.05, 0.1) is 16.5 Å². The van der Waals surface area contributed by atoms with Crippen LogP contribution in [-0.4, -0.2) is 28.6 Å². The third-order valence-corrected chi connectivity index (χ3v) is 3.77. The Balaban J connectivity index is 2.29. The Kier molecular flexibility index (Phi) is 3.82. The highest BCUT2D eigenvalue weighted by atomic mass is 35.5. The quantitative estimate of drug-likeness (QED) is 0.912. The molecule has 0 spiro atoms. The van der Waals surface area contributed by atoms with Gasteiger partial charge >= 0.3 is 12.1 Å². The highest BCUT2D eigenvalue weighted by Gasteiger charge is 2.38. The molecule has 0 aromatic carbocycles. The molecule has 0 saturated carbocycles.